The number of hydrogen-bond acceptors (Lipinski definition) is 3. The van der Waals surface area contributed by atoms with E-state index < -0.39 is 0 Å². The van der Waals surface area contributed by atoms with Gasteiger partial charge in [-0.05, 0) is 47.6 Å². The summed E-state index contributed by atoms with van der Waals surface area (Å²) in [4.78, 5) is 13.9. The Morgan fingerprint density at radius 1 is 0.955 bits per heavy atom. The number of allylic oxidation sites excluding steroid dienone is 2. The molecule has 2 aromatic carbocycles. The molecule has 0 amide bonds. The molecule has 0 aliphatic carbocycles. The van der Waals surface area contributed by atoms with Crippen LogP contribution in [0.1, 0.15) is 11.1 Å². The summed E-state index contributed by atoms with van der Waals surface area (Å²) in [7, 11) is 3.99. The van der Waals surface area contributed by atoms with Crippen LogP contribution in [0, 0.1) is 0 Å². The van der Waals surface area contributed by atoms with Gasteiger partial charge in [0.15, 0.2) is 5.78 Å². The summed E-state index contributed by atoms with van der Waals surface area (Å²) >= 11 is 0. The highest BCUT2D eigenvalue weighted by Crippen LogP contribution is 2.14. The Labute approximate surface area is 131 Å². The van der Waals surface area contributed by atoms with Crippen LogP contribution in [-0.4, -0.2) is 19.9 Å². The van der Waals surface area contributed by atoms with Gasteiger partial charge in [-0.2, -0.15) is 0 Å². The third-order valence-corrected chi connectivity index (χ3v) is 3.27. The van der Waals surface area contributed by atoms with Gasteiger partial charge < -0.3 is 10.6 Å². The van der Waals surface area contributed by atoms with Crippen molar-refractivity contribution < 1.29 is 4.79 Å². The van der Waals surface area contributed by atoms with Gasteiger partial charge in [0.25, 0.3) is 0 Å². The maximum absolute atomic E-state index is 11.9. The molecule has 0 aromatic heterocycles. The van der Waals surface area contributed by atoms with Crippen LogP contribution in [0.2, 0.25) is 0 Å². The Bertz CT molecular complexity index is 698. The average Bonchev–Trinajstić information content (AvgIpc) is 2.52. The average molecular weight is 292 g/mol. The summed E-state index contributed by atoms with van der Waals surface area (Å²) in [6.45, 7) is 0. The molecule has 0 bridgehead atoms. The summed E-state index contributed by atoms with van der Waals surface area (Å²) in [6.07, 6.45) is 6.62. The van der Waals surface area contributed by atoms with Gasteiger partial charge in [0.2, 0.25) is 0 Å². The first kappa shape index (κ1) is 15.6. The fourth-order valence-electron chi connectivity index (χ4n) is 1.95. The third kappa shape index (κ3) is 4.35. The molecule has 0 aliphatic heterocycles. The van der Waals surface area contributed by atoms with Crippen LogP contribution in [-0.2, 0) is 4.79 Å². The monoisotopic (exact) mass is 292 g/mol. The quantitative estimate of drug-likeness (QED) is 0.676. The van der Waals surface area contributed by atoms with E-state index in [2.05, 4.69) is 0 Å². The molecule has 0 unspecified atom stereocenters. The number of benzene rings is 2. The van der Waals surface area contributed by atoms with E-state index in [-0.39, 0.29) is 5.78 Å². The van der Waals surface area contributed by atoms with Gasteiger partial charge in [0, 0.05) is 25.5 Å². The van der Waals surface area contributed by atoms with E-state index in [4.69, 9.17) is 5.73 Å². The van der Waals surface area contributed by atoms with Gasteiger partial charge in [-0.3, -0.25) is 4.79 Å². The zero-order valence-electron chi connectivity index (χ0n) is 12.9. The Kier molecular flexibility index (Phi) is 5.15. The van der Waals surface area contributed by atoms with Gasteiger partial charge in [-0.1, -0.05) is 36.4 Å². The fraction of sp³-hybridized carbons (Fsp3) is 0.105. The molecule has 0 aliphatic rings. The Morgan fingerprint density at radius 3 is 2.23 bits per heavy atom. The number of ketones is 1. The van der Waals surface area contributed by atoms with Crippen LogP contribution in [0.5, 0.6) is 0 Å². The van der Waals surface area contributed by atoms with Crippen LogP contribution >= 0.6 is 0 Å². The lowest BCUT2D eigenvalue weighted by atomic mass is 10.1. The van der Waals surface area contributed by atoms with Crippen molar-refractivity contribution in [3.05, 3.63) is 71.8 Å². The number of hydrogen-bond donors (Lipinski definition) is 1. The molecule has 2 aromatic rings. The van der Waals surface area contributed by atoms with Gasteiger partial charge in [0.05, 0.1) is 0 Å². The van der Waals surface area contributed by atoms with E-state index >= 15 is 0 Å². The van der Waals surface area contributed by atoms with E-state index in [0.717, 1.165) is 16.8 Å². The molecular formula is C19H20N2O. The first-order valence-corrected chi connectivity index (χ1v) is 7.08. The van der Waals surface area contributed by atoms with Crippen molar-refractivity contribution in [3.8, 4) is 0 Å². The van der Waals surface area contributed by atoms with Gasteiger partial charge in [0.1, 0.15) is 0 Å². The summed E-state index contributed by atoms with van der Waals surface area (Å²) in [6, 6.07) is 15.5. The second-order valence-corrected chi connectivity index (χ2v) is 5.18. The van der Waals surface area contributed by atoms with Crippen LogP contribution < -0.4 is 10.6 Å². The minimum atomic E-state index is -0.0695. The smallest absolute Gasteiger partial charge is 0.178 e. The molecule has 2 N–H and O–H groups in total. The lowest BCUT2D eigenvalue weighted by Crippen LogP contribution is -2.07. The number of carbonyl (C=O) groups is 1. The first-order valence-electron chi connectivity index (χ1n) is 7.08. The number of nitrogens with zero attached hydrogens (tertiary/aromatic N) is 1. The summed E-state index contributed by atoms with van der Waals surface area (Å²) < 4.78 is 0. The van der Waals surface area contributed by atoms with E-state index in [1.807, 2.05) is 67.5 Å². The molecule has 0 radical (unpaired) electrons. The second kappa shape index (κ2) is 7.27. The maximum Gasteiger partial charge on any atom is 0.178 e. The lowest BCUT2D eigenvalue weighted by Gasteiger charge is -2.11. The Balaban J connectivity index is 2.01. The van der Waals surface area contributed by atoms with Crippen molar-refractivity contribution in [2.45, 2.75) is 0 Å². The number of nitrogens with two attached hydrogens (primary N) is 1. The molecule has 0 saturated heterocycles. The third-order valence-electron chi connectivity index (χ3n) is 3.27. The zero-order chi connectivity index (χ0) is 15.9. The molecule has 0 fully saturated rings. The SMILES string of the molecule is CN(C)c1ccc(/C=C/C(=O)/C=C/c2ccccc2N)cc1. The zero-order valence-corrected chi connectivity index (χ0v) is 12.9. The highest BCUT2D eigenvalue weighted by Gasteiger charge is 1.96. The number of carbonyl (C=O) groups excluding carboxylic acids is 1. The van der Waals surface area contributed by atoms with Gasteiger partial charge in [-0.15, -0.1) is 0 Å². The number of rotatable bonds is 5. The minimum absolute atomic E-state index is 0.0695. The highest BCUT2D eigenvalue weighted by atomic mass is 16.1. The molecule has 2 rings (SSSR count). The largest absolute Gasteiger partial charge is 0.398 e. The first-order chi connectivity index (χ1) is 10.6. The van der Waals surface area contributed by atoms with Crippen LogP contribution in [0.25, 0.3) is 12.2 Å². The summed E-state index contributed by atoms with van der Waals surface area (Å²) in [5, 5.41) is 0. The molecule has 0 heterocycles. The van der Waals surface area contributed by atoms with Crippen LogP contribution in [0.4, 0.5) is 11.4 Å². The molecule has 0 spiro atoms. The Morgan fingerprint density at radius 2 is 1.59 bits per heavy atom. The number of anilines is 2. The van der Waals surface area contributed by atoms with E-state index in [1.54, 1.807) is 18.2 Å². The van der Waals surface area contributed by atoms with Crippen LogP contribution in [0.3, 0.4) is 0 Å². The molecule has 0 atom stereocenters. The van der Waals surface area contributed by atoms with E-state index in [0.29, 0.717) is 5.69 Å². The molecule has 3 nitrogen and oxygen atoms in total. The predicted molar refractivity (Wildman–Crippen MR) is 94.7 cm³/mol. The van der Waals surface area contributed by atoms with E-state index in [9.17, 15) is 4.79 Å². The Hall–Kier alpha value is -2.81. The normalized spacial score (nSPS) is 11.2. The van der Waals surface area contributed by atoms with Crippen molar-refractivity contribution in [2.75, 3.05) is 24.7 Å². The number of para-hydroxylation sites is 1. The van der Waals surface area contributed by atoms with Crippen molar-refractivity contribution in [1.29, 1.82) is 0 Å². The van der Waals surface area contributed by atoms with Crippen molar-refractivity contribution in [2.24, 2.45) is 0 Å². The fourth-order valence-corrected chi connectivity index (χ4v) is 1.95. The maximum atomic E-state index is 11.9. The predicted octanol–water partition coefficient (Wildman–Crippen LogP) is 3.63. The molecular weight excluding hydrogens is 272 g/mol. The van der Waals surface area contributed by atoms with Crippen molar-refractivity contribution >= 4 is 29.3 Å². The summed E-state index contributed by atoms with van der Waals surface area (Å²) in [5.74, 6) is -0.0695. The number of nitrogen functional groups attached to an aromatic ring is 1. The van der Waals surface area contributed by atoms with Crippen molar-refractivity contribution in [3.63, 3.8) is 0 Å². The minimum Gasteiger partial charge on any atom is -0.398 e. The van der Waals surface area contributed by atoms with Crippen molar-refractivity contribution in [1.82, 2.24) is 0 Å². The lowest BCUT2D eigenvalue weighted by molar-refractivity contribution is -0.110. The molecule has 0 saturated carbocycles. The molecule has 22 heavy (non-hydrogen) atoms. The second-order valence-electron chi connectivity index (χ2n) is 5.18. The standard InChI is InChI=1S/C19H20N2O/c1-21(2)17-11-7-15(8-12-17)9-13-18(22)14-10-16-5-3-4-6-19(16)20/h3-14H,20H2,1-2H3/b13-9+,14-10+. The molecule has 112 valence electrons. The summed E-state index contributed by atoms with van der Waals surface area (Å²) in [5.41, 5.74) is 9.45. The molecule has 3 heteroatoms. The highest BCUT2D eigenvalue weighted by molar-refractivity contribution is 6.04. The topological polar surface area (TPSA) is 46.3 Å². The van der Waals surface area contributed by atoms with E-state index in [1.165, 1.54) is 6.08 Å². The van der Waals surface area contributed by atoms with Crippen LogP contribution in [0.15, 0.2) is 60.7 Å². The van der Waals surface area contributed by atoms with Gasteiger partial charge in [-0.25, -0.2) is 0 Å². The van der Waals surface area contributed by atoms with Gasteiger partial charge >= 0.3 is 0 Å².